The average molecular weight is 484 g/mol. The summed E-state index contributed by atoms with van der Waals surface area (Å²) in [5, 5.41) is 2.65. The zero-order chi connectivity index (χ0) is 24.5. The van der Waals surface area contributed by atoms with E-state index >= 15 is 0 Å². The lowest BCUT2D eigenvalue weighted by atomic mass is 10.1. The van der Waals surface area contributed by atoms with E-state index < -0.39 is 23.0 Å². The summed E-state index contributed by atoms with van der Waals surface area (Å²) in [5.74, 6) is -1.96. The van der Waals surface area contributed by atoms with Crippen molar-refractivity contribution in [1.82, 2.24) is 4.90 Å². The number of benzene rings is 2. The van der Waals surface area contributed by atoms with E-state index in [2.05, 4.69) is 10.2 Å². The minimum atomic E-state index is -0.698. The summed E-state index contributed by atoms with van der Waals surface area (Å²) >= 11 is 0. The highest BCUT2D eigenvalue weighted by Crippen LogP contribution is 2.29. The fraction of sp³-hybridized carbons (Fsp3) is 0.360. The van der Waals surface area contributed by atoms with Gasteiger partial charge in [0, 0.05) is 57.1 Å². The van der Waals surface area contributed by atoms with Gasteiger partial charge in [0.25, 0.3) is 5.91 Å². The van der Waals surface area contributed by atoms with Gasteiger partial charge in [0.2, 0.25) is 0 Å². The van der Waals surface area contributed by atoms with E-state index in [4.69, 9.17) is 9.15 Å². The van der Waals surface area contributed by atoms with Crippen molar-refractivity contribution in [3.05, 3.63) is 64.0 Å². The van der Waals surface area contributed by atoms with Gasteiger partial charge in [-0.1, -0.05) is 0 Å². The predicted molar refractivity (Wildman–Crippen MR) is 130 cm³/mol. The van der Waals surface area contributed by atoms with Crippen molar-refractivity contribution in [2.45, 2.75) is 0 Å². The lowest BCUT2D eigenvalue weighted by Gasteiger charge is -2.34. The van der Waals surface area contributed by atoms with Crippen LogP contribution in [0.15, 0.2) is 45.6 Å². The first-order valence-corrected chi connectivity index (χ1v) is 11.5. The highest BCUT2D eigenvalue weighted by atomic mass is 19.1. The number of hydrogen-bond donors (Lipinski definition) is 1. The van der Waals surface area contributed by atoms with Gasteiger partial charge in [-0.05, 0) is 31.3 Å². The number of ether oxygens (including phenoxy) is 1. The Balaban J connectivity index is 1.43. The number of halogens is 2. The third-order valence-corrected chi connectivity index (χ3v) is 6.40. The van der Waals surface area contributed by atoms with Crippen LogP contribution in [0.3, 0.4) is 0 Å². The van der Waals surface area contributed by atoms with Crippen LogP contribution in [-0.2, 0) is 4.74 Å². The van der Waals surface area contributed by atoms with Crippen LogP contribution < -0.4 is 20.5 Å². The van der Waals surface area contributed by atoms with E-state index in [1.54, 1.807) is 12.1 Å². The third kappa shape index (κ3) is 4.85. The Bertz CT molecular complexity index is 1310. The molecule has 184 valence electrons. The maximum Gasteiger partial charge on any atom is 0.291 e. The van der Waals surface area contributed by atoms with Gasteiger partial charge < -0.3 is 29.2 Å². The van der Waals surface area contributed by atoms with Crippen molar-refractivity contribution in [2.24, 2.45) is 0 Å². The zero-order valence-corrected chi connectivity index (χ0v) is 19.4. The molecule has 0 aliphatic carbocycles. The minimum Gasteiger partial charge on any atom is -0.448 e. The minimum absolute atomic E-state index is 0.0661. The van der Waals surface area contributed by atoms with Gasteiger partial charge in [0.15, 0.2) is 16.8 Å². The summed E-state index contributed by atoms with van der Waals surface area (Å²) in [7, 11) is 2.00. The fourth-order valence-corrected chi connectivity index (χ4v) is 4.44. The molecule has 35 heavy (non-hydrogen) atoms. The normalized spacial score (nSPS) is 17.1. The molecule has 3 aromatic rings. The molecule has 5 rings (SSSR count). The van der Waals surface area contributed by atoms with Gasteiger partial charge in [0.05, 0.1) is 30.0 Å². The second-order valence-electron chi connectivity index (χ2n) is 8.79. The standard InChI is InChI=1S/C25H26F2N4O4/c1-29-4-6-30(7-5-29)21-13-16(26)12-18-22(32)15-23(35-24(18)21)25(33)28-17-2-3-20(19(27)14-17)31-8-10-34-11-9-31/h2-3,12-15H,4-11H2,1H3,(H,28,33)/i27-1. The molecule has 0 spiro atoms. The number of rotatable bonds is 4. The molecule has 0 unspecified atom stereocenters. The zero-order valence-electron chi connectivity index (χ0n) is 19.4. The molecule has 0 bridgehead atoms. The number of amides is 1. The van der Waals surface area contributed by atoms with E-state index in [1.807, 2.05) is 16.8 Å². The maximum absolute atomic E-state index is 14.7. The van der Waals surface area contributed by atoms with Crippen molar-refractivity contribution in [3.8, 4) is 0 Å². The predicted octanol–water partition coefficient (Wildman–Crippen LogP) is 2.91. The van der Waals surface area contributed by atoms with Crippen LogP contribution in [0.5, 0.6) is 0 Å². The SMILES string of the molecule is CN1CCN(c2cc(F)cc3c(=O)cc(C(=O)Nc4ccc(N5CCOCC5)c([18F])c4)oc23)CC1. The van der Waals surface area contributed by atoms with Crippen LogP contribution in [0, 0.1) is 11.6 Å². The van der Waals surface area contributed by atoms with Gasteiger partial charge >= 0.3 is 0 Å². The number of anilines is 3. The maximum atomic E-state index is 14.7. The lowest BCUT2D eigenvalue weighted by molar-refractivity contribution is 0.0997. The number of carbonyl (C=O) groups excluding carboxylic acids is 1. The molecule has 2 fully saturated rings. The van der Waals surface area contributed by atoms with Gasteiger partial charge in [-0.25, -0.2) is 8.78 Å². The van der Waals surface area contributed by atoms with E-state index in [0.29, 0.717) is 50.8 Å². The second kappa shape index (κ2) is 9.63. The van der Waals surface area contributed by atoms with Crippen molar-refractivity contribution in [3.63, 3.8) is 0 Å². The average Bonchev–Trinajstić information content (AvgIpc) is 2.85. The highest BCUT2D eigenvalue weighted by Gasteiger charge is 2.22. The first-order valence-electron chi connectivity index (χ1n) is 11.5. The Hall–Kier alpha value is -3.50. The van der Waals surface area contributed by atoms with E-state index in [-0.39, 0.29) is 22.4 Å². The number of piperazine rings is 1. The van der Waals surface area contributed by atoms with Gasteiger partial charge in [0.1, 0.15) is 11.6 Å². The molecule has 1 aromatic heterocycles. The molecule has 3 heterocycles. The second-order valence-corrected chi connectivity index (χ2v) is 8.79. The van der Waals surface area contributed by atoms with Gasteiger partial charge in [-0.2, -0.15) is 0 Å². The smallest absolute Gasteiger partial charge is 0.291 e. The number of nitrogens with zero attached hydrogens (tertiary/aromatic N) is 3. The molecule has 10 heteroatoms. The lowest BCUT2D eigenvalue weighted by Crippen LogP contribution is -2.44. The Morgan fingerprint density at radius 3 is 2.34 bits per heavy atom. The monoisotopic (exact) mass is 483 g/mol. The van der Waals surface area contributed by atoms with Crippen LogP contribution in [-0.4, -0.2) is 70.3 Å². The molecule has 2 aliphatic heterocycles. The van der Waals surface area contributed by atoms with Crippen LogP contribution >= 0.6 is 0 Å². The first kappa shape index (κ1) is 23.3. The van der Waals surface area contributed by atoms with E-state index in [9.17, 15) is 18.4 Å². The number of carbonyl (C=O) groups is 1. The van der Waals surface area contributed by atoms with Crippen molar-refractivity contribution in [1.29, 1.82) is 0 Å². The largest absolute Gasteiger partial charge is 0.448 e. The first-order chi connectivity index (χ1) is 16.9. The molecule has 2 aliphatic rings. The van der Waals surface area contributed by atoms with Gasteiger partial charge in [-0.3, -0.25) is 9.59 Å². The molecule has 1 N–H and O–H groups in total. The summed E-state index contributed by atoms with van der Waals surface area (Å²) in [5.41, 5.74) is 0.719. The third-order valence-electron chi connectivity index (χ3n) is 6.40. The summed E-state index contributed by atoms with van der Waals surface area (Å²) in [6, 6.07) is 7.88. The molecule has 0 saturated carbocycles. The number of nitrogens with one attached hydrogen (secondary N) is 1. The van der Waals surface area contributed by atoms with Crippen LogP contribution in [0.2, 0.25) is 0 Å². The fourth-order valence-electron chi connectivity index (χ4n) is 4.44. The molecule has 0 radical (unpaired) electrons. The molecular weight excluding hydrogens is 457 g/mol. The topological polar surface area (TPSA) is 78.3 Å². The Morgan fingerprint density at radius 1 is 0.914 bits per heavy atom. The molecule has 8 nitrogen and oxygen atoms in total. The summed E-state index contributed by atoms with van der Waals surface area (Å²) in [6.07, 6.45) is 0. The van der Waals surface area contributed by atoms with Crippen LogP contribution in [0.1, 0.15) is 10.6 Å². The molecular formula is C25H26F2N4O4. The van der Waals surface area contributed by atoms with Crippen molar-refractivity contribution < 1.29 is 22.7 Å². The van der Waals surface area contributed by atoms with Crippen LogP contribution in [0.25, 0.3) is 11.0 Å². The van der Waals surface area contributed by atoms with E-state index in [1.165, 1.54) is 12.1 Å². The number of morpholine rings is 1. The molecule has 1 amide bonds. The van der Waals surface area contributed by atoms with Gasteiger partial charge in [-0.15, -0.1) is 0 Å². The highest BCUT2D eigenvalue weighted by molar-refractivity contribution is 6.03. The van der Waals surface area contributed by atoms with E-state index in [0.717, 1.165) is 25.2 Å². The van der Waals surface area contributed by atoms with Crippen LogP contribution in [0.4, 0.5) is 25.8 Å². The Kier molecular flexibility index (Phi) is 6.40. The van der Waals surface area contributed by atoms with Crippen molar-refractivity contribution >= 4 is 33.9 Å². The quantitative estimate of drug-likeness (QED) is 0.612. The molecule has 2 aromatic carbocycles. The molecule has 0 atom stereocenters. The Labute approximate surface area is 200 Å². The number of hydrogen-bond acceptors (Lipinski definition) is 7. The van der Waals surface area contributed by atoms with Crippen molar-refractivity contribution in [2.75, 3.05) is 74.6 Å². The summed E-state index contributed by atoms with van der Waals surface area (Å²) in [4.78, 5) is 31.6. The molecule has 2 saturated heterocycles. The Morgan fingerprint density at radius 2 is 1.63 bits per heavy atom. The number of likely N-dealkylation sites (N-methyl/N-ethyl adjacent to an activating group) is 1. The summed E-state index contributed by atoms with van der Waals surface area (Å²) in [6.45, 7) is 5.02. The number of fused-ring (bicyclic) bond motifs is 1. The summed E-state index contributed by atoms with van der Waals surface area (Å²) < 4.78 is 40.2.